The Labute approximate surface area is 141 Å². The van der Waals surface area contributed by atoms with Crippen LogP contribution in [0.5, 0.6) is 5.75 Å². The number of aromatic nitrogens is 1. The number of rotatable bonds is 5. The summed E-state index contributed by atoms with van der Waals surface area (Å²) < 4.78 is 5.19. The fraction of sp³-hybridized carbons (Fsp3) is 0.143. The minimum absolute atomic E-state index is 0.843. The second-order valence-electron chi connectivity index (χ2n) is 6.00. The molecule has 0 fully saturated rings. The van der Waals surface area contributed by atoms with Gasteiger partial charge in [-0.3, -0.25) is 0 Å². The van der Waals surface area contributed by atoms with E-state index in [0.29, 0.717) is 0 Å². The van der Waals surface area contributed by atoms with E-state index in [0.717, 1.165) is 18.8 Å². The molecule has 0 amide bonds. The van der Waals surface area contributed by atoms with Crippen LogP contribution in [0.2, 0.25) is 0 Å². The molecule has 1 heterocycles. The lowest BCUT2D eigenvalue weighted by Crippen LogP contribution is -2.12. The highest BCUT2D eigenvalue weighted by molar-refractivity contribution is 6.07. The molecule has 0 spiro atoms. The van der Waals surface area contributed by atoms with E-state index in [2.05, 4.69) is 64.9 Å². The molecule has 3 nitrogen and oxygen atoms in total. The summed E-state index contributed by atoms with van der Waals surface area (Å²) in [7, 11) is 1.69. The van der Waals surface area contributed by atoms with Gasteiger partial charge in [0.25, 0.3) is 0 Å². The quantitative estimate of drug-likeness (QED) is 0.564. The molecule has 4 aromatic rings. The van der Waals surface area contributed by atoms with Gasteiger partial charge in [0.1, 0.15) is 5.75 Å². The number of ether oxygens (including phenoxy) is 1. The van der Waals surface area contributed by atoms with Crippen LogP contribution in [0.15, 0.2) is 66.7 Å². The minimum atomic E-state index is 0.843. The Kier molecular flexibility index (Phi) is 3.93. The van der Waals surface area contributed by atoms with Gasteiger partial charge in [0.15, 0.2) is 0 Å². The van der Waals surface area contributed by atoms with Gasteiger partial charge in [0.2, 0.25) is 0 Å². The summed E-state index contributed by atoms with van der Waals surface area (Å²) in [5, 5.41) is 6.08. The van der Waals surface area contributed by atoms with Crippen molar-refractivity contribution in [2.45, 2.75) is 13.1 Å². The maximum absolute atomic E-state index is 5.19. The molecule has 1 aromatic heterocycles. The molecule has 0 saturated heterocycles. The Hall–Kier alpha value is -2.78. The van der Waals surface area contributed by atoms with Crippen molar-refractivity contribution in [3.8, 4) is 5.75 Å². The van der Waals surface area contributed by atoms with Gasteiger partial charge in [-0.25, -0.2) is 0 Å². The number of hydrogen-bond donors (Lipinski definition) is 2. The Morgan fingerprint density at radius 1 is 0.792 bits per heavy atom. The Bertz CT molecular complexity index is 970. The van der Waals surface area contributed by atoms with Crippen molar-refractivity contribution >= 4 is 21.8 Å². The van der Waals surface area contributed by atoms with Gasteiger partial charge in [-0.15, -0.1) is 0 Å². The summed E-state index contributed by atoms with van der Waals surface area (Å²) >= 11 is 0. The van der Waals surface area contributed by atoms with Crippen molar-refractivity contribution in [2.75, 3.05) is 7.11 Å². The standard InChI is InChI=1S/C21H20N2O/c1-24-17-9-6-15(7-10-17)13-22-14-16-8-11-21-19(12-16)18-4-2-3-5-20(18)23-21/h2-12,22-23H,13-14H2,1H3. The third-order valence-corrected chi connectivity index (χ3v) is 4.39. The summed E-state index contributed by atoms with van der Waals surface area (Å²) in [5.41, 5.74) is 4.93. The average molecular weight is 316 g/mol. The average Bonchev–Trinajstić information content (AvgIpc) is 3.00. The lowest BCUT2D eigenvalue weighted by molar-refractivity contribution is 0.414. The van der Waals surface area contributed by atoms with Crippen LogP contribution < -0.4 is 10.1 Å². The zero-order valence-electron chi connectivity index (χ0n) is 13.7. The summed E-state index contributed by atoms with van der Waals surface area (Å²) in [6.07, 6.45) is 0. The Morgan fingerprint density at radius 3 is 2.33 bits per heavy atom. The van der Waals surface area contributed by atoms with Gasteiger partial charge in [-0.2, -0.15) is 0 Å². The molecule has 3 aromatic carbocycles. The number of H-pyrrole nitrogens is 1. The zero-order chi connectivity index (χ0) is 16.4. The molecule has 3 heteroatoms. The number of hydrogen-bond acceptors (Lipinski definition) is 2. The monoisotopic (exact) mass is 316 g/mol. The van der Waals surface area contributed by atoms with E-state index in [9.17, 15) is 0 Å². The highest BCUT2D eigenvalue weighted by Gasteiger charge is 2.04. The van der Waals surface area contributed by atoms with Gasteiger partial charge >= 0.3 is 0 Å². The van der Waals surface area contributed by atoms with Crippen LogP contribution in [-0.2, 0) is 13.1 Å². The van der Waals surface area contributed by atoms with E-state index in [-0.39, 0.29) is 0 Å². The Balaban J connectivity index is 1.48. The fourth-order valence-electron chi connectivity index (χ4n) is 3.10. The first-order valence-corrected chi connectivity index (χ1v) is 8.16. The maximum Gasteiger partial charge on any atom is 0.118 e. The Morgan fingerprint density at radius 2 is 1.50 bits per heavy atom. The fourth-order valence-corrected chi connectivity index (χ4v) is 3.10. The van der Waals surface area contributed by atoms with Gasteiger partial charge in [0.05, 0.1) is 7.11 Å². The van der Waals surface area contributed by atoms with E-state index < -0.39 is 0 Å². The highest BCUT2D eigenvalue weighted by atomic mass is 16.5. The van der Waals surface area contributed by atoms with Crippen molar-refractivity contribution in [1.29, 1.82) is 0 Å². The normalized spacial score (nSPS) is 11.2. The lowest BCUT2D eigenvalue weighted by atomic mass is 10.1. The van der Waals surface area contributed by atoms with Gasteiger partial charge < -0.3 is 15.0 Å². The number of methoxy groups -OCH3 is 1. The summed E-state index contributed by atoms with van der Waals surface area (Å²) in [6.45, 7) is 1.69. The van der Waals surface area contributed by atoms with Crippen LogP contribution in [0.3, 0.4) is 0 Å². The predicted molar refractivity (Wildman–Crippen MR) is 99.3 cm³/mol. The van der Waals surface area contributed by atoms with Crippen LogP contribution in [0.4, 0.5) is 0 Å². The third kappa shape index (κ3) is 2.86. The molecule has 0 aliphatic carbocycles. The molecule has 0 unspecified atom stereocenters. The largest absolute Gasteiger partial charge is 0.497 e. The first kappa shape index (κ1) is 14.8. The predicted octanol–water partition coefficient (Wildman–Crippen LogP) is 4.62. The van der Waals surface area contributed by atoms with E-state index >= 15 is 0 Å². The van der Waals surface area contributed by atoms with Gasteiger partial charge in [-0.05, 0) is 41.5 Å². The molecular weight excluding hydrogens is 296 g/mol. The summed E-state index contributed by atoms with van der Waals surface area (Å²) in [5.74, 6) is 0.892. The van der Waals surface area contributed by atoms with E-state index in [1.165, 1.54) is 32.9 Å². The van der Waals surface area contributed by atoms with Crippen LogP contribution in [0.1, 0.15) is 11.1 Å². The van der Waals surface area contributed by atoms with Crippen LogP contribution in [0.25, 0.3) is 21.8 Å². The van der Waals surface area contributed by atoms with Crippen molar-refractivity contribution < 1.29 is 4.74 Å². The number of benzene rings is 3. The molecule has 2 N–H and O–H groups in total. The molecule has 0 aliphatic heterocycles. The second kappa shape index (κ2) is 6.38. The molecule has 0 atom stereocenters. The smallest absolute Gasteiger partial charge is 0.118 e. The van der Waals surface area contributed by atoms with E-state index in [1.807, 2.05) is 12.1 Å². The number of para-hydroxylation sites is 1. The molecule has 0 bridgehead atoms. The van der Waals surface area contributed by atoms with E-state index in [1.54, 1.807) is 7.11 Å². The molecule has 0 radical (unpaired) electrons. The zero-order valence-corrected chi connectivity index (χ0v) is 13.7. The van der Waals surface area contributed by atoms with Gasteiger partial charge in [-0.1, -0.05) is 36.4 Å². The molecular formula is C21H20N2O. The molecule has 0 saturated carbocycles. The van der Waals surface area contributed by atoms with Crippen molar-refractivity contribution in [3.05, 3.63) is 77.9 Å². The van der Waals surface area contributed by atoms with Crippen LogP contribution in [0, 0.1) is 0 Å². The van der Waals surface area contributed by atoms with Crippen molar-refractivity contribution in [3.63, 3.8) is 0 Å². The number of fused-ring (bicyclic) bond motifs is 3. The first-order valence-electron chi connectivity index (χ1n) is 8.16. The molecule has 120 valence electrons. The third-order valence-electron chi connectivity index (χ3n) is 4.39. The number of nitrogens with one attached hydrogen (secondary N) is 2. The second-order valence-corrected chi connectivity index (χ2v) is 6.00. The van der Waals surface area contributed by atoms with Gasteiger partial charge in [0, 0.05) is 34.9 Å². The molecule has 0 aliphatic rings. The molecule has 24 heavy (non-hydrogen) atoms. The summed E-state index contributed by atoms with van der Waals surface area (Å²) in [4.78, 5) is 3.47. The number of aromatic amines is 1. The van der Waals surface area contributed by atoms with Crippen molar-refractivity contribution in [2.24, 2.45) is 0 Å². The summed E-state index contributed by atoms with van der Waals surface area (Å²) in [6, 6.07) is 23.2. The maximum atomic E-state index is 5.19. The topological polar surface area (TPSA) is 37.0 Å². The highest BCUT2D eigenvalue weighted by Crippen LogP contribution is 2.26. The first-order chi connectivity index (χ1) is 11.8. The SMILES string of the molecule is COc1ccc(CNCc2ccc3[nH]c4ccccc4c3c2)cc1. The molecule has 4 rings (SSSR count). The minimum Gasteiger partial charge on any atom is -0.497 e. The van der Waals surface area contributed by atoms with Crippen LogP contribution >= 0.6 is 0 Å². The lowest BCUT2D eigenvalue weighted by Gasteiger charge is -2.06. The van der Waals surface area contributed by atoms with E-state index in [4.69, 9.17) is 4.74 Å². The van der Waals surface area contributed by atoms with Crippen LogP contribution in [-0.4, -0.2) is 12.1 Å². The van der Waals surface area contributed by atoms with Crippen molar-refractivity contribution in [1.82, 2.24) is 10.3 Å².